The van der Waals surface area contributed by atoms with Crippen molar-refractivity contribution in [2.45, 2.75) is 0 Å². The van der Waals surface area contributed by atoms with Crippen molar-refractivity contribution in [2.75, 3.05) is 4.90 Å². The zero-order valence-corrected chi connectivity index (χ0v) is 30.3. The highest BCUT2D eigenvalue weighted by molar-refractivity contribution is 6.12. The van der Waals surface area contributed by atoms with Crippen molar-refractivity contribution in [3.05, 3.63) is 224 Å². The number of hydrogen-bond acceptors (Lipinski definition) is 1. The molecule has 0 aromatic heterocycles. The molecule has 258 valence electrons. The van der Waals surface area contributed by atoms with Crippen molar-refractivity contribution in [2.24, 2.45) is 0 Å². The molecule has 0 aliphatic heterocycles. The van der Waals surface area contributed by atoms with Crippen LogP contribution in [0.5, 0.6) is 0 Å². The summed E-state index contributed by atoms with van der Waals surface area (Å²) in [6.07, 6.45) is 0. The third-order valence-electron chi connectivity index (χ3n) is 10.8. The number of hydrogen-bond donors (Lipinski definition) is 0. The molecule has 0 saturated heterocycles. The average molecular weight is 700 g/mol. The van der Waals surface area contributed by atoms with Gasteiger partial charge in [-0.05, 0) is 125 Å². The first-order valence-corrected chi connectivity index (χ1v) is 18.9. The number of para-hydroxylation sites is 1. The van der Waals surface area contributed by atoms with Gasteiger partial charge in [0.25, 0.3) is 0 Å². The molecule has 0 aliphatic rings. The van der Waals surface area contributed by atoms with E-state index in [0.29, 0.717) is 0 Å². The van der Waals surface area contributed by atoms with Gasteiger partial charge in [0.15, 0.2) is 0 Å². The standard InChI is InChI=1S/C54H37N/c1-4-14-39(15-5-1)50-33-34-52(54-51(21-12-22-53(50)54)40-16-6-2-7-17-40)41-27-30-48(31-28-41)55(47-19-8-3-9-20-47)49-32-29-45-36-44(25-26-46(45)37-49)43-24-23-38-13-10-11-18-42(38)35-43/h1-37H. The summed E-state index contributed by atoms with van der Waals surface area (Å²) in [6, 6.07) is 81.4. The van der Waals surface area contributed by atoms with Gasteiger partial charge in [0, 0.05) is 17.1 Å². The van der Waals surface area contributed by atoms with Gasteiger partial charge in [-0.1, -0.05) is 176 Å². The Bertz CT molecular complexity index is 2950. The maximum Gasteiger partial charge on any atom is 0.0468 e. The Kier molecular flexibility index (Phi) is 8.24. The summed E-state index contributed by atoms with van der Waals surface area (Å²) >= 11 is 0. The predicted molar refractivity (Wildman–Crippen MR) is 235 cm³/mol. The predicted octanol–water partition coefficient (Wildman–Crippen LogP) is 15.3. The lowest BCUT2D eigenvalue weighted by molar-refractivity contribution is 1.29. The van der Waals surface area contributed by atoms with Crippen LogP contribution in [0, 0.1) is 0 Å². The fourth-order valence-corrected chi connectivity index (χ4v) is 8.11. The van der Waals surface area contributed by atoms with Crippen LogP contribution in [-0.4, -0.2) is 0 Å². The molecule has 10 rings (SSSR count). The summed E-state index contributed by atoms with van der Waals surface area (Å²) in [5.41, 5.74) is 13.1. The molecule has 0 radical (unpaired) electrons. The minimum absolute atomic E-state index is 1.11. The molecule has 1 heteroatoms. The lowest BCUT2D eigenvalue weighted by atomic mass is 9.87. The van der Waals surface area contributed by atoms with E-state index in [-0.39, 0.29) is 0 Å². The van der Waals surface area contributed by atoms with Gasteiger partial charge in [-0.15, -0.1) is 0 Å². The molecule has 1 nitrogen and oxygen atoms in total. The average Bonchev–Trinajstić information content (AvgIpc) is 3.27. The summed E-state index contributed by atoms with van der Waals surface area (Å²) in [5, 5.41) is 7.46. The van der Waals surface area contributed by atoms with E-state index in [0.717, 1.165) is 17.1 Å². The highest BCUT2D eigenvalue weighted by atomic mass is 15.1. The van der Waals surface area contributed by atoms with Crippen LogP contribution in [0.1, 0.15) is 0 Å². The van der Waals surface area contributed by atoms with E-state index in [1.54, 1.807) is 0 Å². The molecule has 0 atom stereocenters. The van der Waals surface area contributed by atoms with E-state index < -0.39 is 0 Å². The van der Waals surface area contributed by atoms with Gasteiger partial charge in [-0.25, -0.2) is 0 Å². The fourth-order valence-electron chi connectivity index (χ4n) is 8.11. The van der Waals surface area contributed by atoms with E-state index in [9.17, 15) is 0 Å². The fraction of sp³-hybridized carbons (Fsp3) is 0. The normalized spacial score (nSPS) is 11.3. The molecule has 0 amide bonds. The zero-order valence-electron chi connectivity index (χ0n) is 30.3. The third kappa shape index (κ3) is 6.12. The second-order valence-electron chi connectivity index (χ2n) is 14.1. The molecular formula is C54H37N. The third-order valence-corrected chi connectivity index (χ3v) is 10.8. The maximum absolute atomic E-state index is 2.35. The van der Waals surface area contributed by atoms with Gasteiger partial charge in [-0.2, -0.15) is 0 Å². The van der Waals surface area contributed by atoms with Crippen molar-refractivity contribution in [3.8, 4) is 44.5 Å². The largest absolute Gasteiger partial charge is 0.310 e. The lowest BCUT2D eigenvalue weighted by Crippen LogP contribution is -2.09. The molecule has 0 heterocycles. The van der Waals surface area contributed by atoms with Crippen molar-refractivity contribution < 1.29 is 0 Å². The molecular weight excluding hydrogens is 663 g/mol. The van der Waals surface area contributed by atoms with E-state index in [4.69, 9.17) is 0 Å². The van der Waals surface area contributed by atoms with Crippen molar-refractivity contribution in [3.63, 3.8) is 0 Å². The van der Waals surface area contributed by atoms with Crippen LogP contribution < -0.4 is 4.90 Å². The van der Waals surface area contributed by atoms with Crippen LogP contribution in [0.25, 0.3) is 76.8 Å². The first kappa shape index (κ1) is 32.4. The van der Waals surface area contributed by atoms with E-state index in [1.807, 2.05) is 0 Å². The highest BCUT2D eigenvalue weighted by Crippen LogP contribution is 2.43. The summed E-state index contributed by atoms with van der Waals surface area (Å²) in [4.78, 5) is 2.35. The van der Waals surface area contributed by atoms with Crippen molar-refractivity contribution in [1.29, 1.82) is 0 Å². The van der Waals surface area contributed by atoms with Crippen LogP contribution in [0.2, 0.25) is 0 Å². The van der Waals surface area contributed by atoms with E-state index in [1.165, 1.54) is 76.8 Å². The summed E-state index contributed by atoms with van der Waals surface area (Å²) < 4.78 is 0. The first-order chi connectivity index (χ1) is 27.3. The molecule has 0 spiro atoms. The Balaban J connectivity index is 1.06. The Labute approximate surface area is 322 Å². The molecule has 10 aromatic rings. The molecule has 0 N–H and O–H groups in total. The quantitative estimate of drug-likeness (QED) is 0.160. The Morgan fingerprint density at radius 3 is 1.40 bits per heavy atom. The minimum atomic E-state index is 1.11. The lowest BCUT2D eigenvalue weighted by Gasteiger charge is -2.26. The molecule has 0 unspecified atom stereocenters. The highest BCUT2D eigenvalue weighted by Gasteiger charge is 2.17. The summed E-state index contributed by atoms with van der Waals surface area (Å²) in [7, 11) is 0. The van der Waals surface area contributed by atoms with Crippen molar-refractivity contribution in [1.82, 2.24) is 0 Å². The number of anilines is 3. The molecule has 0 aliphatic carbocycles. The molecule has 0 bridgehead atoms. The first-order valence-electron chi connectivity index (χ1n) is 18.9. The van der Waals surface area contributed by atoms with Gasteiger partial charge in [0.05, 0.1) is 0 Å². The van der Waals surface area contributed by atoms with Gasteiger partial charge >= 0.3 is 0 Å². The number of nitrogens with zero attached hydrogens (tertiary/aromatic N) is 1. The van der Waals surface area contributed by atoms with Crippen LogP contribution in [-0.2, 0) is 0 Å². The molecule has 10 aromatic carbocycles. The van der Waals surface area contributed by atoms with Crippen LogP contribution >= 0.6 is 0 Å². The molecule has 0 fully saturated rings. The SMILES string of the molecule is c1ccc(-c2ccc(-c3ccc(N(c4ccccc4)c4ccc5cc(-c6ccc7ccccc7c6)ccc5c4)cc3)c3c(-c4ccccc4)cccc23)cc1. The second kappa shape index (κ2) is 14.0. The zero-order chi connectivity index (χ0) is 36.6. The Morgan fingerprint density at radius 1 is 0.236 bits per heavy atom. The van der Waals surface area contributed by atoms with Gasteiger partial charge in [-0.3, -0.25) is 0 Å². The Hall–Kier alpha value is -7.22. The smallest absolute Gasteiger partial charge is 0.0468 e. The number of benzene rings is 10. The van der Waals surface area contributed by atoms with Gasteiger partial charge in [0.1, 0.15) is 0 Å². The number of rotatable bonds is 7. The monoisotopic (exact) mass is 699 g/mol. The topological polar surface area (TPSA) is 3.24 Å². The van der Waals surface area contributed by atoms with Crippen LogP contribution in [0.4, 0.5) is 17.1 Å². The summed E-state index contributed by atoms with van der Waals surface area (Å²) in [6.45, 7) is 0. The van der Waals surface area contributed by atoms with Gasteiger partial charge in [0.2, 0.25) is 0 Å². The molecule has 0 saturated carbocycles. The van der Waals surface area contributed by atoms with Crippen molar-refractivity contribution >= 4 is 49.4 Å². The van der Waals surface area contributed by atoms with Crippen LogP contribution in [0.3, 0.4) is 0 Å². The maximum atomic E-state index is 2.35. The van der Waals surface area contributed by atoms with Crippen LogP contribution in [0.15, 0.2) is 224 Å². The second-order valence-corrected chi connectivity index (χ2v) is 14.1. The van der Waals surface area contributed by atoms with Gasteiger partial charge < -0.3 is 4.90 Å². The van der Waals surface area contributed by atoms with E-state index >= 15 is 0 Å². The molecule has 55 heavy (non-hydrogen) atoms. The Morgan fingerprint density at radius 2 is 0.691 bits per heavy atom. The summed E-state index contributed by atoms with van der Waals surface area (Å²) in [5.74, 6) is 0. The minimum Gasteiger partial charge on any atom is -0.310 e. The number of fused-ring (bicyclic) bond motifs is 3. The van der Waals surface area contributed by atoms with E-state index in [2.05, 4.69) is 229 Å².